The molecule has 8 heteroatoms. The maximum absolute atomic E-state index is 13.1. The van der Waals surface area contributed by atoms with E-state index in [0.717, 1.165) is 16.7 Å². The van der Waals surface area contributed by atoms with Crippen LogP contribution in [0.5, 0.6) is 11.5 Å². The van der Waals surface area contributed by atoms with Crippen LogP contribution in [0.2, 0.25) is 10.0 Å². The first-order valence-corrected chi connectivity index (χ1v) is 10.0. The van der Waals surface area contributed by atoms with Crippen molar-refractivity contribution in [3.8, 4) is 11.5 Å². The van der Waals surface area contributed by atoms with E-state index >= 15 is 0 Å². The second kappa shape index (κ2) is 7.18. The zero-order valence-electron chi connectivity index (χ0n) is 15.4. The molecule has 0 amide bonds. The number of hydrogen-bond donors (Lipinski definition) is 2. The molecule has 0 saturated heterocycles. The van der Waals surface area contributed by atoms with Crippen LogP contribution in [0.3, 0.4) is 0 Å². The number of anilines is 1. The van der Waals surface area contributed by atoms with Crippen molar-refractivity contribution in [1.82, 2.24) is 0 Å². The molecule has 0 saturated carbocycles. The van der Waals surface area contributed by atoms with Crippen molar-refractivity contribution >= 4 is 38.9 Å². The topological polar surface area (TPSA) is 75.6 Å². The maximum Gasteiger partial charge on any atom is 0.262 e. The summed E-state index contributed by atoms with van der Waals surface area (Å²) in [4.78, 5) is 0.209. The SMILES string of the molecule is COc1c(NS(=O)(=O)c2c(C)c(C)c(C)c(C)c2C)cc(Cl)c(O)c1Cl. The molecule has 0 atom stereocenters. The van der Waals surface area contributed by atoms with Crippen molar-refractivity contribution in [2.45, 2.75) is 39.5 Å². The molecule has 0 spiro atoms. The average molecular weight is 418 g/mol. The lowest BCUT2D eigenvalue weighted by molar-refractivity contribution is 0.410. The highest BCUT2D eigenvalue weighted by Crippen LogP contribution is 2.45. The predicted molar refractivity (Wildman–Crippen MR) is 106 cm³/mol. The highest BCUT2D eigenvalue weighted by atomic mass is 35.5. The Labute approximate surface area is 164 Å². The van der Waals surface area contributed by atoms with Gasteiger partial charge in [0, 0.05) is 0 Å². The van der Waals surface area contributed by atoms with Gasteiger partial charge in [0.1, 0.15) is 5.02 Å². The first kappa shape index (κ1) is 20.7. The van der Waals surface area contributed by atoms with Gasteiger partial charge in [-0.15, -0.1) is 0 Å². The van der Waals surface area contributed by atoms with Crippen LogP contribution < -0.4 is 9.46 Å². The highest BCUT2D eigenvalue weighted by Gasteiger charge is 2.26. The molecule has 0 heterocycles. The zero-order valence-corrected chi connectivity index (χ0v) is 17.7. The van der Waals surface area contributed by atoms with Gasteiger partial charge in [0.15, 0.2) is 11.5 Å². The molecular weight excluding hydrogens is 397 g/mol. The fourth-order valence-electron chi connectivity index (χ4n) is 2.93. The monoisotopic (exact) mass is 417 g/mol. The Bertz CT molecular complexity index is 972. The number of sulfonamides is 1. The van der Waals surface area contributed by atoms with Crippen LogP contribution >= 0.6 is 23.2 Å². The van der Waals surface area contributed by atoms with Crippen molar-refractivity contribution in [1.29, 1.82) is 0 Å². The van der Waals surface area contributed by atoms with E-state index in [0.29, 0.717) is 11.1 Å². The summed E-state index contributed by atoms with van der Waals surface area (Å²) in [5, 5.41) is 9.58. The second-order valence-electron chi connectivity index (χ2n) is 6.16. The Morgan fingerprint density at radius 2 is 1.42 bits per heavy atom. The number of phenols is 1. The van der Waals surface area contributed by atoms with E-state index in [-0.39, 0.29) is 32.1 Å². The number of ether oxygens (including phenoxy) is 1. The average Bonchev–Trinajstić information content (AvgIpc) is 2.56. The smallest absolute Gasteiger partial charge is 0.262 e. The van der Waals surface area contributed by atoms with E-state index in [2.05, 4.69) is 4.72 Å². The van der Waals surface area contributed by atoms with E-state index in [1.165, 1.54) is 13.2 Å². The minimum atomic E-state index is -3.94. The van der Waals surface area contributed by atoms with Crippen LogP contribution in [-0.2, 0) is 10.0 Å². The van der Waals surface area contributed by atoms with Gasteiger partial charge in [-0.3, -0.25) is 4.72 Å². The molecule has 142 valence electrons. The number of benzene rings is 2. The molecule has 0 unspecified atom stereocenters. The van der Waals surface area contributed by atoms with Crippen LogP contribution in [0, 0.1) is 34.6 Å². The standard InChI is InChI=1S/C18H21Cl2NO4S/c1-8-9(2)11(4)18(12(5)10(8)3)26(23,24)21-14-7-13(19)16(22)15(20)17(14)25-6/h7,21-22H,1-6H3. The fourth-order valence-corrected chi connectivity index (χ4v) is 5.12. The molecule has 2 aromatic carbocycles. The Hall–Kier alpha value is -1.63. The lowest BCUT2D eigenvalue weighted by atomic mass is 9.95. The van der Waals surface area contributed by atoms with Gasteiger partial charge in [0.25, 0.3) is 10.0 Å². The number of hydrogen-bond acceptors (Lipinski definition) is 4. The Morgan fingerprint density at radius 3 is 1.88 bits per heavy atom. The number of phenolic OH excluding ortho intramolecular Hbond substituents is 1. The zero-order chi connectivity index (χ0) is 20.0. The molecular formula is C18H21Cl2NO4S. The van der Waals surface area contributed by atoms with Gasteiger partial charge in [-0.25, -0.2) is 8.42 Å². The molecule has 0 aromatic heterocycles. The summed E-state index contributed by atoms with van der Waals surface area (Å²) >= 11 is 12.0. The van der Waals surface area contributed by atoms with E-state index < -0.39 is 10.0 Å². The number of aromatic hydroxyl groups is 1. The van der Waals surface area contributed by atoms with Gasteiger partial charge >= 0.3 is 0 Å². The molecule has 0 aliphatic carbocycles. The first-order chi connectivity index (χ1) is 11.9. The van der Waals surface area contributed by atoms with E-state index in [1.807, 2.05) is 20.8 Å². The Morgan fingerprint density at radius 1 is 0.962 bits per heavy atom. The van der Waals surface area contributed by atoms with Crippen molar-refractivity contribution < 1.29 is 18.3 Å². The summed E-state index contributed by atoms with van der Waals surface area (Å²) in [6, 6.07) is 1.26. The Balaban J connectivity index is 2.70. The van der Waals surface area contributed by atoms with E-state index in [1.54, 1.807) is 13.8 Å². The van der Waals surface area contributed by atoms with Crippen LogP contribution in [0.1, 0.15) is 27.8 Å². The van der Waals surface area contributed by atoms with Gasteiger partial charge in [0.2, 0.25) is 0 Å². The summed E-state index contributed by atoms with van der Waals surface area (Å²) in [7, 11) is -2.62. The number of nitrogens with one attached hydrogen (secondary N) is 1. The molecule has 0 bridgehead atoms. The number of halogens is 2. The molecule has 26 heavy (non-hydrogen) atoms. The third kappa shape index (κ3) is 3.33. The summed E-state index contributed by atoms with van der Waals surface area (Å²) < 4.78 is 33.9. The number of methoxy groups -OCH3 is 1. The summed E-state index contributed by atoms with van der Waals surface area (Å²) in [6.45, 7) is 9.31. The van der Waals surface area contributed by atoms with Crippen molar-refractivity contribution in [3.05, 3.63) is 43.9 Å². The molecule has 0 fully saturated rings. The quantitative estimate of drug-likeness (QED) is 0.682. The van der Waals surface area contributed by atoms with Gasteiger partial charge in [-0.1, -0.05) is 23.2 Å². The van der Waals surface area contributed by atoms with Crippen LogP contribution in [0.4, 0.5) is 5.69 Å². The van der Waals surface area contributed by atoms with Crippen molar-refractivity contribution in [3.63, 3.8) is 0 Å². The van der Waals surface area contributed by atoms with Gasteiger partial charge in [-0.2, -0.15) is 0 Å². The highest BCUT2D eigenvalue weighted by molar-refractivity contribution is 7.92. The second-order valence-corrected chi connectivity index (χ2v) is 8.57. The molecule has 0 aliphatic heterocycles. The van der Waals surface area contributed by atoms with Crippen molar-refractivity contribution in [2.75, 3.05) is 11.8 Å². The van der Waals surface area contributed by atoms with Crippen LogP contribution in [0.25, 0.3) is 0 Å². The van der Waals surface area contributed by atoms with Crippen LogP contribution in [0.15, 0.2) is 11.0 Å². The summed E-state index contributed by atoms with van der Waals surface area (Å²) in [5.41, 5.74) is 4.30. The minimum Gasteiger partial charge on any atom is -0.505 e. The van der Waals surface area contributed by atoms with Crippen LogP contribution in [-0.4, -0.2) is 20.6 Å². The predicted octanol–water partition coefficient (Wildman–Crippen LogP) is 5.05. The third-order valence-corrected chi connectivity index (χ3v) is 7.07. The normalized spacial score (nSPS) is 11.5. The molecule has 0 aliphatic rings. The maximum atomic E-state index is 13.1. The van der Waals surface area contributed by atoms with Gasteiger partial charge in [-0.05, 0) is 68.5 Å². The first-order valence-electron chi connectivity index (χ1n) is 7.78. The van der Waals surface area contributed by atoms with Gasteiger partial charge in [0.05, 0.1) is 22.7 Å². The molecule has 2 N–H and O–H groups in total. The van der Waals surface area contributed by atoms with Crippen molar-refractivity contribution in [2.24, 2.45) is 0 Å². The van der Waals surface area contributed by atoms with E-state index in [4.69, 9.17) is 27.9 Å². The molecule has 2 rings (SSSR count). The van der Waals surface area contributed by atoms with E-state index in [9.17, 15) is 13.5 Å². The molecule has 5 nitrogen and oxygen atoms in total. The third-order valence-electron chi connectivity index (χ3n) is 4.80. The van der Waals surface area contributed by atoms with Gasteiger partial charge < -0.3 is 9.84 Å². The summed E-state index contributed by atoms with van der Waals surface area (Å²) in [6.07, 6.45) is 0. The number of rotatable bonds is 4. The Kier molecular flexibility index (Phi) is 5.71. The fraction of sp³-hybridized carbons (Fsp3) is 0.333. The lowest BCUT2D eigenvalue weighted by Gasteiger charge is -2.20. The summed E-state index contributed by atoms with van der Waals surface area (Å²) in [5.74, 6) is -0.379. The molecule has 0 radical (unpaired) electrons. The molecule has 2 aromatic rings. The largest absolute Gasteiger partial charge is 0.505 e. The minimum absolute atomic E-state index is 0.00648. The lowest BCUT2D eigenvalue weighted by Crippen LogP contribution is -2.18.